The van der Waals surface area contributed by atoms with Gasteiger partial charge >= 0.3 is 0 Å². The van der Waals surface area contributed by atoms with E-state index in [1.165, 1.54) is 0 Å². The highest BCUT2D eigenvalue weighted by atomic mass is 16.3. The van der Waals surface area contributed by atoms with E-state index in [1.54, 1.807) is 6.08 Å². The van der Waals surface area contributed by atoms with E-state index >= 15 is 0 Å². The Morgan fingerprint density at radius 3 is 1.81 bits per heavy atom. The van der Waals surface area contributed by atoms with Gasteiger partial charge in [-0.2, -0.15) is 0 Å². The molecule has 0 N–H and O–H groups in total. The number of fused-ring (bicyclic) bond motifs is 5. The number of Topliss-reactive ketones (excluding diaryl/α,β-unsaturated/α-hetero) is 2. The van der Waals surface area contributed by atoms with Gasteiger partial charge in [-0.1, -0.05) is 60.7 Å². The summed E-state index contributed by atoms with van der Waals surface area (Å²) in [5, 5.41) is 1.87. The van der Waals surface area contributed by atoms with Crippen LogP contribution < -0.4 is 4.90 Å². The van der Waals surface area contributed by atoms with Gasteiger partial charge in [-0.15, -0.1) is 0 Å². The Morgan fingerprint density at radius 1 is 0.674 bits per heavy atom. The van der Waals surface area contributed by atoms with Crippen LogP contribution in [0.4, 0.5) is 17.2 Å². The molecule has 0 saturated carbocycles. The second-order valence-corrected chi connectivity index (χ2v) is 11.5. The molecule has 2 heterocycles. The molecule has 0 atom stereocenters. The lowest BCUT2D eigenvalue weighted by Crippen LogP contribution is -2.19. The molecule has 5 heteroatoms. The summed E-state index contributed by atoms with van der Waals surface area (Å²) < 4.78 is 6.36. The van der Waals surface area contributed by atoms with Crippen molar-refractivity contribution in [1.29, 1.82) is 0 Å². The third-order valence-electron chi connectivity index (χ3n) is 8.55. The van der Waals surface area contributed by atoms with E-state index < -0.39 is 5.41 Å². The van der Waals surface area contributed by atoms with Gasteiger partial charge in [0.05, 0.1) is 11.3 Å². The molecule has 0 unspecified atom stereocenters. The molecule has 0 bridgehead atoms. The Kier molecular flexibility index (Phi) is 5.41. The van der Waals surface area contributed by atoms with Crippen LogP contribution in [0.25, 0.3) is 28.2 Å². The van der Waals surface area contributed by atoms with Crippen LogP contribution in [-0.4, -0.2) is 16.6 Å². The predicted octanol–water partition coefficient (Wildman–Crippen LogP) is 9.07. The Balaban J connectivity index is 1.19. The van der Waals surface area contributed by atoms with Crippen LogP contribution in [0.1, 0.15) is 51.6 Å². The first-order valence-electron chi connectivity index (χ1n) is 14.3. The number of anilines is 3. The number of furan rings is 1. The normalized spacial score (nSPS) is 14.5. The number of benzene rings is 4. The van der Waals surface area contributed by atoms with E-state index in [-0.39, 0.29) is 17.1 Å². The second kappa shape index (κ2) is 9.23. The highest BCUT2D eigenvalue weighted by Gasteiger charge is 2.41. The number of hydrogen-bond donors (Lipinski definition) is 0. The van der Waals surface area contributed by atoms with Crippen LogP contribution in [-0.2, 0) is 5.41 Å². The number of pyridine rings is 1. The fourth-order valence-corrected chi connectivity index (χ4v) is 6.36. The summed E-state index contributed by atoms with van der Waals surface area (Å²) in [5.74, 6) is 1.48. The molecule has 206 valence electrons. The monoisotopic (exact) mass is 558 g/mol. The largest absolute Gasteiger partial charge is 0.456 e. The van der Waals surface area contributed by atoms with Crippen molar-refractivity contribution in [3.63, 3.8) is 0 Å². The van der Waals surface area contributed by atoms with Gasteiger partial charge in [0.25, 0.3) is 0 Å². The molecule has 0 aliphatic heterocycles. The van der Waals surface area contributed by atoms with Gasteiger partial charge in [0, 0.05) is 39.0 Å². The molecule has 0 radical (unpaired) electrons. The molecule has 4 aromatic carbocycles. The van der Waals surface area contributed by atoms with Crippen molar-refractivity contribution in [1.82, 2.24) is 4.98 Å². The van der Waals surface area contributed by atoms with Gasteiger partial charge in [0.1, 0.15) is 17.3 Å². The molecule has 43 heavy (non-hydrogen) atoms. The summed E-state index contributed by atoms with van der Waals surface area (Å²) >= 11 is 0. The molecule has 0 saturated heterocycles. The van der Waals surface area contributed by atoms with E-state index in [9.17, 15) is 9.59 Å². The van der Waals surface area contributed by atoms with Gasteiger partial charge in [-0.05, 0) is 85.3 Å². The fraction of sp³-hybridized carbons (Fsp3) is 0.0789. The van der Waals surface area contributed by atoms with Gasteiger partial charge in [0.2, 0.25) is 0 Å². The van der Waals surface area contributed by atoms with E-state index in [0.717, 1.165) is 50.5 Å². The van der Waals surface area contributed by atoms with Crippen molar-refractivity contribution in [3.8, 4) is 11.3 Å². The quantitative estimate of drug-likeness (QED) is 0.160. The number of ketones is 2. The molecular weight excluding hydrogens is 532 g/mol. The van der Waals surface area contributed by atoms with Crippen LogP contribution in [0.2, 0.25) is 0 Å². The fourth-order valence-electron chi connectivity index (χ4n) is 6.36. The number of allylic oxidation sites excluding steroid dienone is 1. The van der Waals surface area contributed by atoms with E-state index in [2.05, 4.69) is 49.1 Å². The smallest absolute Gasteiger partial charge is 0.197 e. The van der Waals surface area contributed by atoms with Crippen molar-refractivity contribution in [2.24, 2.45) is 0 Å². The van der Waals surface area contributed by atoms with Crippen molar-refractivity contribution >= 4 is 45.6 Å². The minimum atomic E-state index is -0.454. The van der Waals surface area contributed by atoms with Gasteiger partial charge in [-0.25, -0.2) is 4.98 Å². The Bertz CT molecular complexity index is 2040. The average Bonchev–Trinajstić information content (AvgIpc) is 3.63. The molecule has 5 nitrogen and oxygen atoms in total. The highest BCUT2D eigenvalue weighted by molar-refractivity contribution is 6.42. The van der Waals surface area contributed by atoms with Crippen LogP contribution in [0.5, 0.6) is 0 Å². The maximum Gasteiger partial charge on any atom is 0.197 e. The maximum absolute atomic E-state index is 13.3. The minimum absolute atomic E-state index is 0.130. The average molecular weight is 559 g/mol. The molecule has 0 amide bonds. The minimum Gasteiger partial charge on any atom is -0.456 e. The van der Waals surface area contributed by atoms with Crippen molar-refractivity contribution in [3.05, 3.63) is 149 Å². The van der Waals surface area contributed by atoms with Gasteiger partial charge in [-0.3, -0.25) is 14.5 Å². The Morgan fingerprint density at radius 2 is 1.23 bits per heavy atom. The first-order chi connectivity index (χ1) is 20.9. The predicted molar refractivity (Wildman–Crippen MR) is 169 cm³/mol. The molecule has 2 aromatic heterocycles. The van der Waals surface area contributed by atoms with Crippen molar-refractivity contribution in [2.45, 2.75) is 19.3 Å². The first kappa shape index (κ1) is 25.2. The number of aromatic nitrogens is 1. The first-order valence-corrected chi connectivity index (χ1v) is 14.3. The number of rotatable bonds is 4. The van der Waals surface area contributed by atoms with Crippen LogP contribution >= 0.6 is 0 Å². The van der Waals surface area contributed by atoms with E-state index in [0.29, 0.717) is 16.9 Å². The summed E-state index contributed by atoms with van der Waals surface area (Å²) in [5.41, 5.74) is 5.40. The maximum atomic E-state index is 13.3. The lowest BCUT2D eigenvalue weighted by atomic mass is 9.86. The van der Waals surface area contributed by atoms with Crippen LogP contribution in [0.3, 0.4) is 0 Å². The molecular formula is C38H26N2O3. The summed E-state index contributed by atoms with van der Waals surface area (Å²) in [6.07, 6.45) is 1.59. The molecule has 0 fully saturated rings. The number of carbonyl (C=O) groups excluding carboxylic acids is 2. The zero-order valence-electron chi connectivity index (χ0n) is 23.7. The summed E-state index contributed by atoms with van der Waals surface area (Å²) in [6.45, 7) is 4.26. The molecule has 8 rings (SSSR count). The summed E-state index contributed by atoms with van der Waals surface area (Å²) in [6, 6.07) is 37.8. The molecule has 6 aromatic rings. The third kappa shape index (κ3) is 3.82. The highest BCUT2D eigenvalue weighted by Crippen LogP contribution is 2.50. The molecule has 0 spiro atoms. The van der Waals surface area contributed by atoms with Crippen LogP contribution in [0, 0.1) is 0 Å². The number of carbonyl (C=O) groups is 2. The Labute approximate surface area is 248 Å². The zero-order valence-corrected chi connectivity index (χ0v) is 23.7. The summed E-state index contributed by atoms with van der Waals surface area (Å²) in [4.78, 5) is 34.0. The number of hydrogen-bond acceptors (Lipinski definition) is 5. The molecule has 2 aliphatic carbocycles. The third-order valence-corrected chi connectivity index (χ3v) is 8.55. The zero-order chi connectivity index (χ0) is 29.3. The Hall–Kier alpha value is -5.55. The van der Waals surface area contributed by atoms with Crippen LogP contribution in [0.15, 0.2) is 125 Å². The van der Waals surface area contributed by atoms with Crippen molar-refractivity contribution in [2.75, 3.05) is 4.90 Å². The standard InChI is InChI=1S/C38H26N2O3/c1-38(2)32-22-27(21-31-34(41)29-19-23-11-9-10-12-24(23)20-30(29)35(31)42)43-36(32)28-17-18-33(39-37(28)38)40(25-13-5-3-6-14-25)26-15-7-4-8-16-26/h3-22H,1-2H3. The SMILES string of the molecule is CC1(C)c2cc(C=C3C(=O)c4cc5ccccc5cc4C3=O)oc2-c2ccc(N(c3ccccc3)c3ccccc3)nc21. The van der Waals surface area contributed by atoms with Crippen molar-refractivity contribution < 1.29 is 14.0 Å². The van der Waals surface area contributed by atoms with E-state index in [4.69, 9.17) is 9.40 Å². The second-order valence-electron chi connectivity index (χ2n) is 11.5. The number of para-hydroxylation sites is 2. The number of nitrogens with zero attached hydrogens (tertiary/aromatic N) is 2. The van der Waals surface area contributed by atoms with E-state index in [1.807, 2.05) is 84.9 Å². The topological polar surface area (TPSA) is 63.4 Å². The lowest BCUT2D eigenvalue weighted by Gasteiger charge is -2.26. The molecule has 2 aliphatic rings. The summed E-state index contributed by atoms with van der Waals surface area (Å²) in [7, 11) is 0. The van der Waals surface area contributed by atoms with Gasteiger partial charge in [0.15, 0.2) is 11.6 Å². The lowest BCUT2D eigenvalue weighted by molar-refractivity contribution is 0.0990. The van der Waals surface area contributed by atoms with Gasteiger partial charge < -0.3 is 4.42 Å².